The summed E-state index contributed by atoms with van der Waals surface area (Å²) >= 11 is 3.73. The number of carbonyl (C=O) groups is 3. The zero-order valence-electron chi connectivity index (χ0n) is 36.9. The van der Waals surface area contributed by atoms with Gasteiger partial charge in [0.05, 0.1) is 43.4 Å². The van der Waals surface area contributed by atoms with Crippen molar-refractivity contribution >= 4 is 50.6 Å². The van der Waals surface area contributed by atoms with E-state index in [0.29, 0.717) is 39.1 Å². The van der Waals surface area contributed by atoms with Crippen molar-refractivity contribution in [3.63, 3.8) is 0 Å². The van der Waals surface area contributed by atoms with Crippen LogP contribution in [0.2, 0.25) is 0 Å². The number of nitrogens with one attached hydrogen (secondary N) is 1. The van der Waals surface area contributed by atoms with E-state index in [2.05, 4.69) is 76.6 Å². The molecule has 2 aromatic heterocycles. The fourth-order valence-electron chi connectivity index (χ4n) is 7.85. The number of allylic oxidation sites excluding steroid dienone is 1. The van der Waals surface area contributed by atoms with Crippen LogP contribution in [-0.4, -0.2) is 101 Å². The molecule has 2 fully saturated rings. The van der Waals surface area contributed by atoms with E-state index in [-0.39, 0.29) is 31.7 Å². The number of nitrogens with zero attached hydrogens (tertiary/aromatic N) is 4. The highest BCUT2D eigenvalue weighted by molar-refractivity contribution is 9.10. The highest BCUT2D eigenvalue weighted by Crippen LogP contribution is 2.42. The Morgan fingerprint density at radius 1 is 1.05 bits per heavy atom. The Labute approximate surface area is 362 Å². The maximum Gasteiger partial charge on any atom is 0.430 e. The summed E-state index contributed by atoms with van der Waals surface area (Å²) in [7, 11) is 1.68. The molecule has 3 aliphatic heterocycles. The van der Waals surface area contributed by atoms with E-state index < -0.39 is 40.8 Å². The van der Waals surface area contributed by atoms with Gasteiger partial charge in [0.25, 0.3) is 0 Å². The van der Waals surface area contributed by atoms with E-state index in [9.17, 15) is 14.4 Å². The number of methoxy groups -OCH3 is 1. The molecule has 2 saturated heterocycles. The van der Waals surface area contributed by atoms with Crippen LogP contribution in [0.25, 0.3) is 27.7 Å². The van der Waals surface area contributed by atoms with E-state index in [4.69, 9.17) is 28.7 Å². The molecule has 0 spiro atoms. The first kappa shape index (κ1) is 45.1. The van der Waals surface area contributed by atoms with Crippen LogP contribution in [0.15, 0.2) is 40.5 Å². The molecule has 1 unspecified atom stereocenters. The molecule has 0 aliphatic carbocycles. The van der Waals surface area contributed by atoms with Gasteiger partial charge in [0.2, 0.25) is 0 Å². The SMILES string of the molecule is CCn1c(-c2cc(C3=C4CNC(C#C3)COC4)cnc2[C@H](C)OC)c(CC(C)(C)COC(=O)[C@@H]2CCCN(C(=O)OC(C)(C)C)N2C(=O)OC(C)(C)C)c2cc(Br)ccc21. The molecule has 3 aromatic rings. The Kier molecular flexibility index (Phi) is 13.5. The molecule has 6 rings (SSSR count). The summed E-state index contributed by atoms with van der Waals surface area (Å²) in [5.74, 6) is 6.16. The van der Waals surface area contributed by atoms with Crippen molar-refractivity contribution in [3.05, 3.63) is 57.3 Å². The Balaban J connectivity index is 1.38. The molecule has 0 radical (unpaired) electrons. The minimum absolute atomic E-state index is 0.0305. The van der Waals surface area contributed by atoms with Crippen LogP contribution in [0, 0.1) is 17.3 Å². The first-order valence-electron chi connectivity index (χ1n) is 20.8. The number of pyridine rings is 1. The van der Waals surface area contributed by atoms with E-state index >= 15 is 0 Å². The maximum atomic E-state index is 14.2. The quantitative estimate of drug-likeness (QED) is 0.120. The molecule has 5 heterocycles. The van der Waals surface area contributed by atoms with E-state index in [1.165, 1.54) is 0 Å². The molecule has 2 bridgehead atoms. The summed E-state index contributed by atoms with van der Waals surface area (Å²) < 4.78 is 32.6. The third-order valence-corrected chi connectivity index (χ3v) is 11.1. The molecule has 14 heteroatoms. The molecule has 0 saturated carbocycles. The van der Waals surface area contributed by atoms with Gasteiger partial charge in [-0.15, -0.1) is 0 Å². The minimum atomic E-state index is -1.10. The predicted octanol–water partition coefficient (Wildman–Crippen LogP) is 8.62. The van der Waals surface area contributed by atoms with Crippen molar-refractivity contribution in [2.45, 2.75) is 124 Å². The van der Waals surface area contributed by atoms with Gasteiger partial charge in [0.1, 0.15) is 11.2 Å². The van der Waals surface area contributed by atoms with Gasteiger partial charge in [-0.1, -0.05) is 41.6 Å². The average Bonchev–Trinajstić information content (AvgIpc) is 3.33. The summed E-state index contributed by atoms with van der Waals surface area (Å²) in [6.07, 6.45) is 1.25. The number of hydrazine groups is 1. The number of hydrogen-bond donors (Lipinski definition) is 1. The number of rotatable bonds is 10. The van der Waals surface area contributed by atoms with Crippen LogP contribution in [0.3, 0.4) is 0 Å². The lowest BCUT2D eigenvalue weighted by atomic mass is 9.84. The smallest absolute Gasteiger partial charge is 0.430 e. The lowest BCUT2D eigenvalue weighted by molar-refractivity contribution is -0.164. The van der Waals surface area contributed by atoms with E-state index in [0.717, 1.165) is 64.6 Å². The Hall–Kier alpha value is -4.42. The molecule has 3 atom stereocenters. The number of esters is 1. The van der Waals surface area contributed by atoms with Crippen LogP contribution in [-0.2, 0) is 41.4 Å². The number of aromatic nitrogens is 2. The molecule has 2 amide bonds. The fraction of sp³-hybridized carbons (Fsp3) is 0.565. The first-order chi connectivity index (χ1) is 28.2. The molecule has 3 aliphatic rings. The van der Waals surface area contributed by atoms with Gasteiger partial charge in [-0.25, -0.2) is 19.4 Å². The van der Waals surface area contributed by atoms with Gasteiger partial charge < -0.3 is 28.3 Å². The second-order valence-electron chi connectivity index (χ2n) is 18.5. The summed E-state index contributed by atoms with van der Waals surface area (Å²) in [5, 5.41) is 6.78. The standard InChI is InChI=1S/C46H60BrN5O8/c1-12-50-37-18-15-31(47)21-34(37)36(40(50)35-20-29(23-49-39(35)28(2)56-11)33-17-16-32-26-57-25-30(33)24-48-32)22-46(9,10)27-58-41(53)38-14-13-19-51(42(54)59-44(3,4)5)52(38)43(55)60-45(6,7)8/h15,18,20-21,23,28,32,38,48H,12-14,19,22,24-27H2,1-11H3/t28-,32?,38-/m0/s1. The van der Waals surface area contributed by atoms with Crippen molar-refractivity contribution in [1.29, 1.82) is 0 Å². The van der Waals surface area contributed by atoms with Crippen molar-refractivity contribution in [2.24, 2.45) is 5.41 Å². The summed E-state index contributed by atoms with van der Waals surface area (Å²) in [5.41, 5.74) is 5.44. The monoisotopic (exact) mass is 889 g/mol. The van der Waals surface area contributed by atoms with Crippen molar-refractivity contribution in [1.82, 2.24) is 24.9 Å². The fourth-order valence-corrected chi connectivity index (χ4v) is 8.21. The number of carbonyl (C=O) groups excluding carboxylic acids is 3. The number of amides is 2. The van der Waals surface area contributed by atoms with Gasteiger partial charge in [-0.05, 0) is 110 Å². The molecule has 60 heavy (non-hydrogen) atoms. The van der Waals surface area contributed by atoms with E-state index in [1.807, 2.05) is 19.2 Å². The van der Waals surface area contributed by atoms with Crippen molar-refractivity contribution in [2.75, 3.05) is 40.0 Å². The number of halogens is 1. The average molecular weight is 891 g/mol. The summed E-state index contributed by atoms with van der Waals surface area (Å²) in [6, 6.07) is 7.35. The lowest BCUT2D eigenvalue weighted by Crippen LogP contribution is -2.61. The highest BCUT2D eigenvalue weighted by Gasteiger charge is 2.44. The third kappa shape index (κ3) is 10.2. The molecular formula is C46H60BrN5O8. The number of ether oxygens (including phenoxy) is 5. The van der Waals surface area contributed by atoms with Gasteiger partial charge >= 0.3 is 18.2 Å². The van der Waals surface area contributed by atoms with Gasteiger partial charge in [-0.3, -0.25) is 10.3 Å². The lowest BCUT2D eigenvalue weighted by Gasteiger charge is -2.43. The van der Waals surface area contributed by atoms with Gasteiger partial charge in [0.15, 0.2) is 6.04 Å². The number of hydrogen-bond acceptors (Lipinski definition) is 10. The zero-order chi connectivity index (χ0) is 43.7. The van der Waals surface area contributed by atoms with Crippen LogP contribution in [0.5, 0.6) is 0 Å². The number of fused-ring (bicyclic) bond motifs is 4. The molecule has 1 aromatic carbocycles. The van der Waals surface area contributed by atoms with Crippen molar-refractivity contribution < 1.29 is 38.1 Å². The van der Waals surface area contributed by atoms with E-state index in [1.54, 1.807) is 48.7 Å². The van der Waals surface area contributed by atoms with Gasteiger partial charge in [-0.2, -0.15) is 5.01 Å². The molecule has 324 valence electrons. The molecular weight excluding hydrogens is 830 g/mol. The summed E-state index contributed by atoms with van der Waals surface area (Å²) in [4.78, 5) is 46.3. The van der Waals surface area contributed by atoms with Crippen LogP contribution >= 0.6 is 15.9 Å². The van der Waals surface area contributed by atoms with Crippen LogP contribution in [0.1, 0.15) is 105 Å². The van der Waals surface area contributed by atoms with Gasteiger partial charge in [0, 0.05) is 70.4 Å². The molecule has 1 N–H and O–H groups in total. The second kappa shape index (κ2) is 17.9. The normalized spacial score (nSPS) is 19.1. The number of benzene rings is 1. The zero-order valence-corrected chi connectivity index (χ0v) is 38.5. The van der Waals surface area contributed by atoms with Crippen LogP contribution < -0.4 is 5.32 Å². The largest absolute Gasteiger partial charge is 0.464 e. The van der Waals surface area contributed by atoms with Crippen molar-refractivity contribution in [3.8, 4) is 23.1 Å². The number of aryl methyl sites for hydroxylation is 1. The third-order valence-electron chi connectivity index (χ3n) is 10.6. The Bertz CT molecular complexity index is 2220. The molecule has 13 nitrogen and oxygen atoms in total. The maximum absolute atomic E-state index is 14.2. The first-order valence-corrected chi connectivity index (χ1v) is 21.6. The van der Waals surface area contributed by atoms with Crippen LogP contribution in [0.4, 0.5) is 9.59 Å². The Morgan fingerprint density at radius 2 is 1.77 bits per heavy atom. The topological polar surface area (TPSA) is 134 Å². The summed E-state index contributed by atoms with van der Waals surface area (Å²) in [6.45, 7) is 21.3. The minimum Gasteiger partial charge on any atom is -0.464 e. The Morgan fingerprint density at radius 3 is 2.45 bits per heavy atom. The predicted molar refractivity (Wildman–Crippen MR) is 234 cm³/mol. The second-order valence-corrected chi connectivity index (χ2v) is 19.4. The highest BCUT2D eigenvalue weighted by atomic mass is 79.9.